The molecular formula is C12H20N. The molecule has 0 aromatic heterocycles. The van der Waals surface area contributed by atoms with E-state index >= 15 is 0 Å². The molecule has 1 unspecified atom stereocenters. The number of hydrogen-bond acceptors (Lipinski definition) is 1. The van der Waals surface area contributed by atoms with E-state index in [-0.39, 0.29) is 0 Å². The molecule has 0 aromatic carbocycles. The van der Waals surface area contributed by atoms with Gasteiger partial charge in [0.05, 0.1) is 0 Å². The third-order valence-electron chi connectivity index (χ3n) is 3.29. The Kier molecular flexibility index (Phi) is 3.05. The Bertz CT molecular complexity index is 195. The lowest BCUT2D eigenvalue weighted by molar-refractivity contribution is 0.307. The summed E-state index contributed by atoms with van der Waals surface area (Å²) < 4.78 is 0. The van der Waals surface area contributed by atoms with Crippen molar-refractivity contribution in [2.24, 2.45) is 0 Å². The third kappa shape index (κ3) is 2.34. The molecule has 1 heterocycles. The van der Waals surface area contributed by atoms with Gasteiger partial charge in [-0.1, -0.05) is 11.6 Å². The Balaban J connectivity index is 1.85. The van der Waals surface area contributed by atoms with E-state index in [1.54, 1.807) is 5.57 Å². The molecule has 0 amide bonds. The van der Waals surface area contributed by atoms with Crippen LogP contribution in [0.2, 0.25) is 0 Å². The highest BCUT2D eigenvalue weighted by Gasteiger charge is 2.20. The SMILES string of the molecule is [CH2]C1CCCN1CC1=CCCCC1. The molecule has 0 aromatic rings. The lowest BCUT2D eigenvalue weighted by atomic mass is 9.99. The van der Waals surface area contributed by atoms with Crippen molar-refractivity contribution in [1.82, 2.24) is 4.90 Å². The van der Waals surface area contributed by atoms with Crippen LogP contribution in [0.3, 0.4) is 0 Å². The molecule has 73 valence electrons. The molecule has 1 atom stereocenters. The molecule has 1 saturated heterocycles. The average Bonchev–Trinajstić information content (AvgIpc) is 2.54. The van der Waals surface area contributed by atoms with Gasteiger partial charge in [0.2, 0.25) is 0 Å². The Morgan fingerprint density at radius 3 is 2.92 bits per heavy atom. The van der Waals surface area contributed by atoms with Gasteiger partial charge in [-0.2, -0.15) is 0 Å². The van der Waals surface area contributed by atoms with Crippen LogP contribution in [0, 0.1) is 6.92 Å². The maximum Gasteiger partial charge on any atom is 0.0195 e. The van der Waals surface area contributed by atoms with Crippen molar-refractivity contribution in [3.63, 3.8) is 0 Å². The van der Waals surface area contributed by atoms with E-state index in [1.165, 1.54) is 51.6 Å². The summed E-state index contributed by atoms with van der Waals surface area (Å²) in [7, 11) is 0. The van der Waals surface area contributed by atoms with Crippen molar-refractivity contribution >= 4 is 0 Å². The summed E-state index contributed by atoms with van der Waals surface area (Å²) in [5, 5.41) is 0. The van der Waals surface area contributed by atoms with Crippen molar-refractivity contribution in [2.45, 2.75) is 44.6 Å². The molecule has 1 aliphatic carbocycles. The van der Waals surface area contributed by atoms with Gasteiger partial charge in [0, 0.05) is 12.6 Å². The van der Waals surface area contributed by atoms with Gasteiger partial charge in [0.15, 0.2) is 0 Å². The van der Waals surface area contributed by atoms with Gasteiger partial charge in [-0.15, -0.1) is 0 Å². The minimum Gasteiger partial charge on any atom is -0.296 e. The van der Waals surface area contributed by atoms with Crippen LogP contribution in [-0.4, -0.2) is 24.0 Å². The maximum atomic E-state index is 4.18. The summed E-state index contributed by atoms with van der Waals surface area (Å²) in [6.45, 7) is 6.66. The van der Waals surface area contributed by atoms with Gasteiger partial charge in [-0.25, -0.2) is 0 Å². The number of allylic oxidation sites excluding steroid dienone is 1. The summed E-state index contributed by atoms with van der Waals surface area (Å²) in [6.07, 6.45) is 10.6. The quantitative estimate of drug-likeness (QED) is 0.588. The maximum absolute atomic E-state index is 4.18. The van der Waals surface area contributed by atoms with Gasteiger partial charge in [-0.05, 0) is 52.0 Å². The third-order valence-corrected chi connectivity index (χ3v) is 3.29. The highest BCUT2D eigenvalue weighted by atomic mass is 15.2. The number of rotatable bonds is 2. The molecule has 1 radical (unpaired) electrons. The Morgan fingerprint density at radius 2 is 2.31 bits per heavy atom. The predicted octanol–water partition coefficient (Wildman–Crippen LogP) is 2.79. The van der Waals surface area contributed by atoms with Crippen molar-refractivity contribution < 1.29 is 0 Å². The highest BCUT2D eigenvalue weighted by molar-refractivity contribution is 5.08. The molecule has 1 aliphatic heterocycles. The Morgan fingerprint density at radius 1 is 1.38 bits per heavy atom. The molecule has 1 heteroatoms. The van der Waals surface area contributed by atoms with Gasteiger partial charge in [-0.3, -0.25) is 4.90 Å². The zero-order valence-corrected chi connectivity index (χ0v) is 8.47. The second-order valence-electron chi connectivity index (χ2n) is 4.37. The minimum absolute atomic E-state index is 0.586. The highest BCUT2D eigenvalue weighted by Crippen LogP contribution is 2.22. The molecule has 0 spiro atoms. The topological polar surface area (TPSA) is 3.24 Å². The summed E-state index contributed by atoms with van der Waals surface area (Å²) in [6, 6.07) is 0.586. The lowest BCUT2D eigenvalue weighted by Gasteiger charge is -2.24. The van der Waals surface area contributed by atoms with E-state index in [0.29, 0.717) is 6.04 Å². The van der Waals surface area contributed by atoms with Crippen LogP contribution in [0.25, 0.3) is 0 Å². The number of nitrogens with zero attached hydrogens (tertiary/aromatic N) is 1. The fourth-order valence-corrected chi connectivity index (χ4v) is 2.41. The minimum atomic E-state index is 0.586. The zero-order chi connectivity index (χ0) is 9.10. The zero-order valence-electron chi connectivity index (χ0n) is 8.47. The summed E-state index contributed by atoms with van der Waals surface area (Å²) in [5.41, 5.74) is 1.67. The van der Waals surface area contributed by atoms with Crippen molar-refractivity contribution in [3.05, 3.63) is 18.6 Å². The molecule has 0 N–H and O–H groups in total. The van der Waals surface area contributed by atoms with E-state index in [4.69, 9.17) is 0 Å². The van der Waals surface area contributed by atoms with Crippen LogP contribution in [-0.2, 0) is 0 Å². The van der Waals surface area contributed by atoms with E-state index in [9.17, 15) is 0 Å². The molecule has 1 nitrogen and oxygen atoms in total. The second kappa shape index (κ2) is 4.28. The first-order valence-corrected chi connectivity index (χ1v) is 5.61. The van der Waals surface area contributed by atoms with Crippen LogP contribution in [0.4, 0.5) is 0 Å². The van der Waals surface area contributed by atoms with E-state index in [0.717, 1.165) is 0 Å². The van der Waals surface area contributed by atoms with Crippen LogP contribution in [0.5, 0.6) is 0 Å². The van der Waals surface area contributed by atoms with Crippen LogP contribution >= 0.6 is 0 Å². The molecule has 0 bridgehead atoms. The van der Waals surface area contributed by atoms with Gasteiger partial charge in [0.25, 0.3) is 0 Å². The monoisotopic (exact) mass is 178 g/mol. The smallest absolute Gasteiger partial charge is 0.0195 e. The molecule has 1 fully saturated rings. The summed E-state index contributed by atoms with van der Waals surface area (Å²) in [5.74, 6) is 0. The second-order valence-corrected chi connectivity index (χ2v) is 4.37. The first kappa shape index (κ1) is 9.26. The van der Waals surface area contributed by atoms with Crippen molar-refractivity contribution in [2.75, 3.05) is 13.1 Å². The number of hydrogen-bond donors (Lipinski definition) is 0. The molecular weight excluding hydrogens is 158 g/mol. The fraction of sp³-hybridized carbons (Fsp3) is 0.750. The van der Waals surface area contributed by atoms with E-state index < -0.39 is 0 Å². The first-order chi connectivity index (χ1) is 6.36. The van der Waals surface area contributed by atoms with Crippen LogP contribution in [0.1, 0.15) is 38.5 Å². The largest absolute Gasteiger partial charge is 0.296 e. The molecule has 13 heavy (non-hydrogen) atoms. The molecule has 2 rings (SSSR count). The fourth-order valence-electron chi connectivity index (χ4n) is 2.41. The standard InChI is InChI=1S/C12H20N/c1-11-6-5-9-13(11)10-12-7-3-2-4-8-12/h7,11H,1-6,8-10H2. The Labute approximate surface area is 81.8 Å². The van der Waals surface area contributed by atoms with Crippen LogP contribution in [0.15, 0.2) is 11.6 Å². The van der Waals surface area contributed by atoms with E-state index in [1.807, 2.05) is 0 Å². The molecule has 2 aliphatic rings. The average molecular weight is 178 g/mol. The van der Waals surface area contributed by atoms with Crippen LogP contribution < -0.4 is 0 Å². The van der Waals surface area contributed by atoms with Crippen molar-refractivity contribution in [1.29, 1.82) is 0 Å². The predicted molar refractivity (Wildman–Crippen MR) is 56.5 cm³/mol. The number of likely N-dealkylation sites (tertiary alicyclic amines) is 1. The van der Waals surface area contributed by atoms with E-state index in [2.05, 4.69) is 17.9 Å². The Hall–Kier alpha value is -0.300. The lowest BCUT2D eigenvalue weighted by Crippen LogP contribution is -2.29. The first-order valence-electron chi connectivity index (χ1n) is 5.61. The van der Waals surface area contributed by atoms with Crippen molar-refractivity contribution in [3.8, 4) is 0 Å². The molecule has 0 saturated carbocycles. The summed E-state index contributed by atoms with van der Waals surface area (Å²) in [4.78, 5) is 2.54. The van der Waals surface area contributed by atoms with Gasteiger partial charge < -0.3 is 0 Å². The van der Waals surface area contributed by atoms with Gasteiger partial charge in [0.1, 0.15) is 0 Å². The normalized spacial score (nSPS) is 30.5. The van der Waals surface area contributed by atoms with Gasteiger partial charge >= 0.3 is 0 Å². The summed E-state index contributed by atoms with van der Waals surface area (Å²) >= 11 is 0.